The number of nitrogens with zero attached hydrogens (tertiary/aromatic N) is 2. The van der Waals surface area contributed by atoms with E-state index < -0.39 is 0 Å². The van der Waals surface area contributed by atoms with E-state index in [4.69, 9.17) is 4.74 Å². The molecule has 0 aliphatic carbocycles. The second-order valence-corrected chi connectivity index (χ2v) is 8.91. The number of aryl methyl sites for hydroxylation is 1. The van der Waals surface area contributed by atoms with Crippen molar-refractivity contribution in [3.05, 3.63) is 83.9 Å². The first kappa shape index (κ1) is 23.8. The predicted molar refractivity (Wildman–Crippen MR) is 140 cm³/mol. The maximum atomic E-state index is 12.5. The van der Waals surface area contributed by atoms with Gasteiger partial charge in [0.1, 0.15) is 5.75 Å². The Balaban J connectivity index is 1.14. The average Bonchev–Trinajstić information content (AvgIpc) is 2.89. The van der Waals surface area contributed by atoms with Gasteiger partial charge >= 0.3 is 0 Å². The highest BCUT2D eigenvalue weighted by molar-refractivity contribution is 5.94. The van der Waals surface area contributed by atoms with Gasteiger partial charge in [-0.1, -0.05) is 54.1 Å². The van der Waals surface area contributed by atoms with Crippen molar-refractivity contribution >= 4 is 11.6 Å². The summed E-state index contributed by atoms with van der Waals surface area (Å²) >= 11 is 0. The fourth-order valence-corrected chi connectivity index (χ4v) is 4.43. The molecule has 0 saturated carbocycles. The van der Waals surface area contributed by atoms with Crippen LogP contribution in [0.15, 0.2) is 72.8 Å². The summed E-state index contributed by atoms with van der Waals surface area (Å²) in [4.78, 5) is 17.4. The van der Waals surface area contributed by atoms with Crippen molar-refractivity contribution in [3.63, 3.8) is 0 Å². The third-order valence-corrected chi connectivity index (χ3v) is 6.52. The molecule has 5 heteroatoms. The number of hydrogen-bond donors (Lipinski definition) is 1. The van der Waals surface area contributed by atoms with Crippen molar-refractivity contribution in [2.75, 3.05) is 51.3 Å². The van der Waals surface area contributed by atoms with Crippen LogP contribution in [0, 0.1) is 6.92 Å². The van der Waals surface area contributed by atoms with Gasteiger partial charge in [-0.25, -0.2) is 0 Å². The van der Waals surface area contributed by atoms with E-state index in [1.807, 2.05) is 36.4 Å². The zero-order valence-electron chi connectivity index (χ0n) is 20.3. The molecule has 3 aromatic carbocycles. The van der Waals surface area contributed by atoms with E-state index in [9.17, 15) is 4.79 Å². The second-order valence-electron chi connectivity index (χ2n) is 8.91. The number of hydrogen-bond acceptors (Lipinski definition) is 4. The van der Waals surface area contributed by atoms with Crippen LogP contribution >= 0.6 is 0 Å². The molecule has 5 nitrogen and oxygen atoms in total. The van der Waals surface area contributed by atoms with Crippen molar-refractivity contribution in [2.24, 2.45) is 0 Å². The fourth-order valence-electron chi connectivity index (χ4n) is 4.43. The summed E-state index contributed by atoms with van der Waals surface area (Å²) in [6, 6.07) is 24.5. The Morgan fingerprint density at radius 1 is 0.853 bits per heavy atom. The first-order valence-corrected chi connectivity index (χ1v) is 12.2. The predicted octanol–water partition coefficient (Wildman–Crippen LogP) is 5.00. The van der Waals surface area contributed by atoms with E-state index in [1.54, 1.807) is 7.11 Å². The Morgan fingerprint density at radius 2 is 1.50 bits per heavy atom. The van der Waals surface area contributed by atoms with Crippen LogP contribution in [-0.4, -0.2) is 57.2 Å². The molecule has 1 aliphatic rings. The summed E-state index contributed by atoms with van der Waals surface area (Å²) in [6.45, 7) is 7.99. The van der Waals surface area contributed by atoms with Crippen LogP contribution in [0.1, 0.15) is 28.8 Å². The van der Waals surface area contributed by atoms with Crippen molar-refractivity contribution in [2.45, 2.75) is 19.8 Å². The normalized spacial score (nSPS) is 14.1. The molecule has 0 spiro atoms. The summed E-state index contributed by atoms with van der Waals surface area (Å²) < 4.78 is 5.51. The lowest BCUT2D eigenvalue weighted by molar-refractivity contribution is 0.0952. The smallest absolute Gasteiger partial charge is 0.251 e. The lowest BCUT2D eigenvalue weighted by atomic mass is 10.0. The molecule has 0 atom stereocenters. The minimum Gasteiger partial charge on any atom is -0.495 e. The van der Waals surface area contributed by atoms with Gasteiger partial charge in [-0.2, -0.15) is 0 Å². The number of amides is 1. The monoisotopic (exact) mass is 457 g/mol. The van der Waals surface area contributed by atoms with E-state index in [0.29, 0.717) is 12.1 Å². The third-order valence-electron chi connectivity index (χ3n) is 6.52. The maximum Gasteiger partial charge on any atom is 0.251 e. The molecule has 178 valence electrons. The van der Waals surface area contributed by atoms with Gasteiger partial charge in [-0.15, -0.1) is 0 Å². The Hall–Kier alpha value is -3.31. The van der Waals surface area contributed by atoms with Gasteiger partial charge in [0.15, 0.2) is 0 Å². The molecular weight excluding hydrogens is 422 g/mol. The lowest BCUT2D eigenvalue weighted by Crippen LogP contribution is -2.46. The third kappa shape index (κ3) is 6.17. The number of rotatable bonds is 9. The fraction of sp³-hybridized carbons (Fsp3) is 0.345. The van der Waals surface area contributed by atoms with Crippen molar-refractivity contribution in [1.82, 2.24) is 10.2 Å². The standard InChI is InChI=1S/C29H35N3O2/c1-23-9-11-24(12-10-23)25-13-15-26(16-14-25)29(33)30-17-5-6-18-31-19-21-32(22-20-31)27-7-3-4-8-28(27)34-2/h3-4,7-16H,5-6,17-22H2,1-2H3,(H,30,33). The first-order valence-electron chi connectivity index (χ1n) is 12.2. The van der Waals surface area contributed by atoms with Gasteiger partial charge in [0.2, 0.25) is 0 Å². The van der Waals surface area contributed by atoms with Gasteiger partial charge in [-0.3, -0.25) is 9.69 Å². The quantitative estimate of drug-likeness (QED) is 0.459. The molecule has 1 heterocycles. The SMILES string of the molecule is COc1ccccc1N1CCN(CCCCNC(=O)c2ccc(-c3ccc(C)cc3)cc2)CC1. The van der Waals surface area contributed by atoms with E-state index in [1.165, 1.54) is 16.8 Å². The summed E-state index contributed by atoms with van der Waals surface area (Å²) in [5.74, 6) is 0.942. The molecule has 1 saturated heterocycles. The molecule has 4 rings (SSSR count). The number of carbonyl (C=O) groups is 1. The van der Waals surface area contributed by atoms with Crippen LogP contribution < -0.4 is 15.0 Å². The van der Waals surface area contributed by atoms with Crippen molar-refractivity contribution in [1.29, 1.82) is 0 Å². The molecular formula is C29H35N3O2. The summed E-state index contributed by atoms with van der Waals surface area (Å²) in [5, 5.41) is 3.07. The van der Waals surface area contributed by atoms with Crippen LogP contribution in [0.5, 0.6) is 5.75 Å². The number of methoxy groups -OCH3 is 1. The van der Waals surface area contributed by atoms with Crippen LogP contribution in [0.25, 0.3) is 11.1 Å². The highest BCUT2D eigenvalue weighted by atomic mass is 16.5. The number of piperazine rings is 1. The minimum absolute atomic E-state index is 0.000814. The summed E-state index contributed by atoms with van der Waals surface area (Å²) in [5.41, 5.74) is 5.43. The minimum atomic E-state index is 0.000814. The summed E-state index contributed by atoms with van der Waals surface area (Å²) in [6.07, 6.45) is 2.07. The van der Waals surface area contributed by atoms with Crippen LogP contribution in [-0.2, 0) is 0 Å². The van der Waals surface area contributed by atoms with Gasteiger partial charge in [0, 0.05) is 38.3 Å². The van der Waals surface area contributed by atoms with E-state index in [-0.39, 0.29) is 5.91 Å². The average molecular weight is 458 g/mol. The Bertz CT molecular complexity index is 1060. The van der Waals surface area contributed by atoms with Crippen LogP contribution in [0.4, 0.5) is 5.69 Å². The number of para-hydroxylation sites is 2. The number of carbonyl (C=O) groups excluding carboxylic acids is 1. The van der Waals surface area contributed by atoms with Crippen LogP contribution in [0.2, 0.25) is 0 Å². The van der Waals surface area contributed by atoms with Gasteiger partial charge in [-0.05, 0) is 61.7 Å². The van der Waals surface area contributed by atoms with E-state index in [2.05, 4.69) is 58.4 Å². The number of ether oxygens (including phenoxy) is 1. The van der Waals surface area contributed by atoms with Gasteiger partial charge in [0.25, 0.3) is 5.91 Å². The highest BCUT2D eigenvalue weighted by Gasteiger charge is 2.19. The molecule has 1 N–H and O–H groups in total. The topological polar surface area (TPSA) is 44.8 Å². The molecule has 1 fully saturated rings. The molecule has 34 heavy (non-hydrogen) atoms. The molecule has 1 amide bonds. The largest absolute Gasteiger partial charge is 0.495 e. The number of unbranched alkanes of at least 4 members (excludes halogenated alkanes) is 1. The van der Waals surface area contributed by atoms with Crippen molar-refractivity contribution in [3.8, 4) is 16.9 Å². The molecule has 0 unspecified atom stereocenters. The Labute approximate surface area is 203 Å². The maximum absolute atomic E-state index is 12.5. The molecule has 0 aromatic heterocycles. The lowest BCUT2D eigenvalue weighted by Gasteiger charge is -2.36. The Kier molecular flexibility index (Phi) is 8.21. The van der Waals surface area contributed by atoms with Crippen molar-refractivity contribution < 1.29 is 9.53 Å². The number of nitrogens with one attached hydrogen (secondary N) is 1. The molecule has 0 radical (unpaired) electrons. The second kappa shape index (κ2) is 11.7. The zero-order chi connectivity index (χ0) is 23.8. The zero-order valence-corrected chi connectivity index (χ0v) is 20.3. The van der Waals surface area contributed by atoms with Gasteiger partial charge in [0.05, 0.1) is 12.8 Å². The number of benzene rings is 3. The van der Waals surface area contributed by atoms with E-state index >= 15 is 0 Å². The van der Waals surface area contributed by atoms with Crippen LogP contribution in [0.3, 0.4) is 0 Å². The number of anilines is 1. The van der Waals surface area contributed by atoms with E-state index in [0.717, 1.165) is 56.9 Å². The highest BCUT2D eigenvalue weighted by Crippen LogP contribution is 2.28. The summed E-state index contributed by atoms with van der Waals surface area (Å²) in [7, 11) is 1.73. The molecule has 3 aromatic rings. The van der Waals surface area contributed by atoms with Gasteiger partial charge < -0.3 is 15.0 Å². The molecule has 1 aliphatic heterocycles. The molecule has 0 bridgehead atoms. The first-order chi connectivity index (χ1) is 16.6. The Morgan fingerprint density at radius 3 is 2.18 bits per heavy atom.